The van der Waals surface area contributed by atoms with E-state index in [9.17, 15) is 4.79 Å². The van der Waals surface area contributed by atoms with Gasteiger partial charge >= 0.3 is 0 Å². The highest BCUT2D eigenvalue weighted by Crippen LogP contribution is 2.30. The Morgan fingerprint density at radius 1 is 1.20 bits per heavy atom. The average molecular weight is 335 g/mol. The van der Waals surface area contributed by atoms with Crippen molar-refractivity contribution in [2.24, 2.45) is 0 Å². The number of nitrogens with one attached hydrogen (secondary N) is 1. The lowest BCUT2D eigenvalue weighted by Crippen LogP contribution is -2.40. The highest BCUT2D eigenvalue weighted by Gasteiger charge is 2.30. The van der Waals surface area contributed by atoms with E-state index in [1.807, 2.05) is 41.6 Å². The zero-order valence-electron chi connectivity index (χ0n) is 14.0. The minimum atomic E-state index is 0.00859. The maximum atomic E-state index is 12.7. The number of likely N-dealkylation sites (tertiary alicyclic amines) is 1. The molecule has 1 N–H and O–H groups in total. The predicted octanol–water partition coefficient (Wildman–Crippen LogP) is 3.03. The number of benzene rings is 1. The number of imidazole rings is 1. The first-order valence-corrected chi connectivity index (χ1v) is 8.68. The molecule has 1 aliphatic heterocycles. The molecule has 6 nitrogen and oxygen atoms in total. The first-order valence-electron chi connectivity index (χ1n) is 8.68. The Bertz CT molecular complexity index is 825. The predicted molar refractivity (Wildman–Crippen MR) is 94.6 cm³/mol. The van der Waals surface area contributed by atoms with E-state index in [0.29, 0.717) is 0 Å². The minimum absolute atomic E-state index is 0.00859. The highest BCUT2D eigenvalue weighted by atomic mass is 16.2. The standard InChI is InChI=1S/C19H21N5O/c25-18(14-23-11-6-10-21-23)24-12-5-4-9-17(24)19-20-13-16(22-19)15-7-2-1-3-8-15/h1-3,6-8,10-11,13,17H,4-5,9,12,14H2,(H,20,22). The van der Waals surface area contributed by atoms with Crippen molar-refractivity contribution in [1.82, 2.24) is 24.6 Å². The summed E-state index contributed by atoms with van der Waals surface area (Å²) in [5.41, 5.74) is 2.09. The maximum Gasteiger partial charge on any atom is 0.244 e. The molecule has 1 atom stereocenters. The third-order valence-corrected chi connectivity index (χ3v) is 4.68. The van der Waals surface area contributed by atoms with Crippen LogP contribution < -0.4 is 0 Å². The molecular weight excluding hydrogens is 314 g/mol. The van der Waals surface area contributed by atoms with E-state index in [1.54, 1.807) is 10.9 Å². The molecule has 0 aliphatic carbocycles. The molecule has 0 spiro atoms. The van der Waals surface area contributed by atoms with Gasteiger partial charge in [-0.3, -0.25) is 9.48 Å². The van der Waals surface area contributed by atoms with Crippen molar-refractivity contribution >= 4 is 5.91 Å². The van der Waals surface area contributed by atoms with E-state index < -0.39 is 0 Å². The fraction of sp³-hybridized carbons (Fsp3) is 0.316. The van der Waals surface area contributed by atoms with E-state index in [2.05, 4.69) is 27.2 Å². The van der Waals surface area contributed by atoms with Crippen LogP contribution in [0, 0.1) is 0 Å². The SMILES string of the molecule is O=C(Cn1cccn1)N1CCCCC1c1ncc(-c2ccccc2)[nH]1. The van der Waals surface area contributed by atoms with Gasteiger partial charge in [-0.25, -0.2) is 4.98 Å². The van der Waals surface area contributed by atoms with Crippen LogP contribution in [0.2, 0.25) is 0 Å². The summed E-state index contributed by atoms with van der Waals surface area (Å²) in [6.07, 6.45) is 8.45. The van der Waals surface area contributed by atoms with Gasteiger partial charge in [-0.2, -0.15) is 5.10 Å². The van der Waals surface area contributed by atoms with Gasteiger partial charge < -0.3 is 9.88 Å². The number of piperidine rings is 1. The van der Waals surface area contributed by atoms with Crippen molar-refractivity contribution in [1.29, 1.82) is 0 Å². The fourth-order valence-corrected chi connectivity index (χ4v) is 3.41. The van der Waals surface area contributed by atoms with Crippen molar-refractivity contribution in [2.45, 2.75) is 31.8 Å². The van der Waals surface area contributed by atoms with E-state index in [1.165, 1.54) is 0 Å². The number of hydrogen-bond acceptors (Lipinski definition) is 3. The molecule has 25 heavy (non-hydrogen) atoms. The van der Waals surface area contributed by atoms with E-state index >= 15 is 0 Å². The van der Waals surface area contributed by atoms with Gasteiger partial charge in [0, 0.05) is 18.9 Å². The summed E-state index contributed by atoms with van der Waals surface area (Å²) in [7, 11) is 0. The Balaban J connectivity index is 1.55. The molecular formula is C19H21N5O. The summed E-state index contributed by atoms with van der Waals surface area (Å²) in [4.78, 5) is 22.7. The summed E-state index contributed by atoms with van der Waals surface area (Å²) < 4.78 is 1.67. The van der Waals surface area contributed by atoms with Crippen LogP contribution in [0.1, 0.15) is 31.1 Å². The van der Waals surface area contributed by atoms with Crippen LogP contribution in [-0.2, 0) is 11.3 Å². The van der Waals surface area contributed by atoms with Crippen LogP contribution in [0.3, 0.4) is 0 Å². The van der Waals surface area contributed by atoms with Gasteiger partial charge in [-0.15, -0.1) is 0 Å². The topological polar surface area (TPSA) is 66.8 Å². The van der Waals surface area contributed by atoms with Gasteiger partial charge in [-0.1, -0.05) is 30.3 Å². The van der Waals surface area contributed by atoms with Gasteiger partial charge in [-0.05, 0) is 30.9 Å². The van der Waals surface area contributed by atoms with Crippen LogP contribution >= 0.6 is 0 Å². The second-order valence-corrected chi connectivity index (χ2v) is 6.35. The van der Waals surface area contributed by atoms with Crippen LogP contribution in [0.25, 0.3) is 11.3 Å². The van der Waals surface area contributed by atoms with E-state index in [0.717, 1.165) is 42.9 Å². The Kier molecular flexibility index (Phi) is 4.33. The molecule has 3 aromatic rings. The summed E-state index contributed by atoms with van der Waals surface area (Å²) in [6.45, 7) is 1.04. The van der Waals surface area contributed by atoms with Gasteiger partial charge in [0.25, 0.3) is 0 Å². The number of amides is 1. The van der Waals surface area contributed by atoms with Gasteiger partial charge in [0.15, 0.2) is 0 Å². The summed E-state index contributed by atoms with van der Waals surface area (Å²) in [5, 5.41) is 4.14. The molecule has 0 radical (unpaired) electrons. The quantitative estimate of drug-likeness (QED) is 0.797. The number of carbonyl (C=O) groups is 1. The second kappa shape index (κ2) is 6.93. The molecule has 1 aliphatic rings. The molecule has 1 unspecified atom stereocenters. The first kappa shape index (κ1) is 15.6. The molecule has 0 saturated carbocycles. The van der Waals surface area contributed by atoms with Crippen LogP contribution in [0.5, 0.6) is 0 Å². The number of rotatable bonds is 4. The monoisotopic (exact) mass is 335 g/mol. The number of carbonyl (C=O) groups excluding carboxylic acids is 1. The van der Waals surface area contributed by atoms with E-state index in [-0.39, 0.29) is 18.5 Å². The molecule has 3 heterocycles. The van der Waals surface area contributed by atoms with Crippen LogP contribution in [-0.4, -0.2) is 37.1 Å². The Morgan fingerprint density at radius 2 is 2.08 bits per heavy atom. The third-order valence-electron chi connectivity index (χ3n) is 4.68. The molecule has 6 heteroatoms. The maximum absolute atomic E-state index is 12.7. The largest absolute Gasteiger partial charge is 0.340 e. The van der Waals surface area contributed by atoms with Gasteiger partial charge in [0.05, 0.1) is 17.9 Å². The minimum Gasteiger partial charge on any atom is -0.340 e. The molecule has 1 saturated heterocycles. The lowest BCUT2D eigenvalue weighted by Gasteiger charge is -2.34. The van der Waals surface area contributed by atoms with Crippen molar-refractivity contribution in [3.05, 3.63) is 60.8 Å². The number of aromatic amines is 1. The Morgan fingerprint density at radius 3 is 2.88 bits per heavy atom. The molecule has 2 aromatic heterocycles. The number of hydrogen-bond donors (Lipinski definition) is 1. The van der Waals surface area contributed by atoms with Gasteiger partial charge in [0.2, 0.25) is 5.91 Å². The molecule has 0 bridgehead atoms. The Hall–Kier alpha value is -2.89. The lowest BCUT2D eigenvalue weighted by molar-refractivity contribution is -0.136. The van der Waals surface area contributed by atoms with Crippen molar-refractivity contribution in [3.63, 3.8) is 0 Å². The lowest BCUT2D eigenvalue weighted by atomic mass is 10.0. The van der Waals surface area contributed by atoms with Crippen LogP contribution in [0.15, 0.2) is 55.0 Å². The molecule has 4 rings (SSSR count). The summed E-state index contributed by atoms with van der Waals surface area (Å²) >= 11 is 0. The van der Waals surface area contributed by atoms with Crippen molar-refractivity contribution in [3.8, 4) is 11.3 Å². The highest BCUT2D eigenvalue weighted by molar-refractivity contribution is 5.76. The smallest absolute Gasteiger partial charge is 0.244 e. The zero-order valence-corrected chi connectivity index (χ0v) is 14.0. The summed E-state index contributed by atoms with van der Waals surface area (Å²) in [5.74, 6) is 0.957. The summed E-state index contributed by atoms with van der Waals surface area (Å²) in [6, 6.07) is 12.0. The number of aromatic nitrogens is 4. The number of nitrogens with zero attached hydrogens (tertiary/aromatic N) is 4. The normalized spacial score (nSPS) is 17.6. The Labute approximate surface area is 146 Å². The zero-order chi connectivity index (χ0) is 17.1. The molecule has 128 valence electrons. The second-order valence-electron chi connectivity index (χ2n) is 6.35. The first-order chi connectivity index (χ1) is 12.3. The van der Waals surface area contributed by atoms with E-state index in [4.69, 9.17) is 0 Å². The fourth-order valence-electron chi connectivity index (χ4n) is 3.41. The molecule has 1 amide bonds. The van der Waals surface area contributed by atoms with Crippen LogP contribution in [0.4, 0.5) is 0 Å². The molecule has 1 fully saturated rings. The number of H-pyrrole nitrogens is 1. The third kappa shape index (κ3) is 3.33. The van der Waals surface area contributed by atoms with Gasteiger partial charge in [0.1, 0.15) is 12.4 Å². The average Bonchev–Trinajstić information content (AvgIpc) is 3.34. The van der Waals surface area contributed by atoms with Crippen molar-refractivity contribution in [2.75, 3.05) is 6.54 Å². The van der Waals surface area contributed by atoms with Crippen molar-refractivity contribution < 1.29 is 4.79 Å². The molecule has 1 aromatic carbocycles.